The number of hydrogen-bond acceptors (Lipinski definition) is 4. The van der Waals surface area contributed by atoms with Gasteiger partial charge in [-0.05, 0) is 42.5 Å². The second kappa shape index (κ2) is 6.98. The number of amides is 2. The van der Waals surface area contributed by atoms with Crippen molar-refractivity contribution in [3.8, 4) is 0 Å². The zero-order chi connectivity index (χ0) is 15.4. The summed E-state index contributed by atoms with van der Waals surface area (Å²) in [5.74, 6) is 0.754. The van der Waals surface area contributed by atoms with Crippen molar-refractivity contribution in [1.29, 1.82) is 0 Å². The molecule has 0 saturated heterocycles. The van der Waals surface area contributed by atoms with E-state index in [1.807, 2.05) is 23.5 Å². The van der Waals surface area contributed by atoms with Gasteiger partial charge in [0.05, 0.1) is 12.8 Å². The van der Waals surface area contributed by atoms with E-state index in [0.717, 1.165) is 25.3 Å². The quantitative estimate of drug-likeness (QED) is 0.890. The average Bonchev–Trinajstić information content (AvgIpc) is 3.20. The molecule has 1 aliphatic rings. The van der Waals surface area contributed by atoms with Gasteiger partial charge in [0, 0.05) is 30.6 Å². The number of hydrogen-bond donors (Lipinski definition) is 2. The van der Waals surface area contributed by atoms with Crippen molar-refractivity contribution in [2.24, 2.45) is 0 Å². The van der Waals surface area contributed by atoms with Crippen LogP contribution in [-0.4, -0.2) is 30.1 Å². The van der Waals surface area contributed by atoms with E-state index < -0.39 is 0 Å². The average molecular weight is 319 g/mol. The number of nitrogens with zero attached hydrogens (tertiary/aromatic N) is 1. The fourth-order valence-electron chi connectivity index (χ4n) is 2.66. The minimum atomic E-state index is -0.156. The first-order chi connectivity index (χ1) is 10.7. The van der Waals surface area contributed by atoms with E-state index in [2.05, 4.69) is 33.9 Å². The summed E-state index contributed by atoms with van der Waals surface area (Å²) in [5.41, 5.74) is 1.44. The molecule has 0 aliphatic carbocycles. The van der Waals surface area contributed by atoms with Crippen LogP contribution in [0.25, 0.3) is 0 Å². The molecule has 0 radical (unpaired) electrons. The maximum atomic E-state index is 11.8. The van der Waals surface area contributed by atoms with Crippen LogP contribution in [0.4, 0.5) is 4.79 Å². The van der Waals surface area contributed by atoms with Crippen LogP contribution in [0.15, 0.2) is 34.3 Å². The Balaban J connectivity index is 1.40. The summed E-state index contributed by atoms with van der Waals surface area (Å²) in [5, 5.41) is 7.89. The number of thiophene rings is 1. The minimum Gasteiger partial charge on any atom is -0.467 e. The fourth-order valence-corrected chi connectivity index (χ4v) is 3.55. The molecule has 5 nitrogen and oxygen atoms in total. The molecular weight excluding hydrogens is 298 g/mol. The highest BCUT2D eigenvalue weighted by Gasteiger charge is 2.21. The Labute approximate surface area is 134 Å². The van der Waals surface area contributed by atoms with Crippen LogP contribution in [0.2, 0.25) is 0 Å². The Kier molecular flexibility index (Phi) is 4.80. The zero-order valence-electron chi connectivity index (χ0n) is 12.7. The Morgan fingerprint density at radius 3 is 3.18 bits per heavy atom. The second-order valence-electron chi connectivity index (χ2n) is 5.58. The Bertz CT molecular complexity index is 609. The van der Waals surface area contributed by atoms with Crippen molar-refractivity contribution in [1.82, 2.24) is 15.5 Å². The molecule has 0 saturated carbocycles. The SMILES string of the molecule is CC(CNC(=O)NCc1ccco1)N1CCc2sccc2C1. The molecule has 6 heteroatoms. The van der Waals surface area contributed by atoms with E-state index in [9.17, 15) is 4.79 Å². The van der Waals surface area contributed by atoms with Crippen LogP contribution in [0, 0.1) is 0 Å². The number of urea groups is 1. The fraction of sp³-hybridized carbons (Fsp3) is 0.438. The highest BCUT2D eigenvalue weighted by Crippen LogP contribution is 2.24. The summed E-state index contributed by atoms with van der Waals surface area (Å²) >= 11 is 1.85. The van der Waals surface area contributed by atoms with Crippen LogP contribution in [0.5, 0.6) is 0 Å². The Morgan fingerprint density at radius 2 is 2.36 bits per heavy atom. The molecule has 2 aromatic heterocycles. The highest BCUT2D eigenvalue weighted by molar-refractivity contribution is 7.10. The number of rotatable bonds is 5. The van der Waals surface area contributed by atoms with E-state index in [0.29, 0.717) is 19.1 Å². The van der Waals surface area contributed by atoms with E-state index in [1.54, 1.807) is 6.26 Å². The third-order valence-electron chi connectivity index (χ3n) is 4.02. The standard InChI is InChI=1S/C16H21N3O2S/c1-12(19-6-4-15-13(11-19)5-8-22-15)9-17-16(20)18-10-14-3-2-7-21-14/h2-3,5,7-8,12H,4,6,9-11H2,1H3,(H2,17,18,20). The molecule has 0 fully saturated rings. The molecule has 1 atom stereocenters. The van der Waals surface area contributed by atoms with Crippen molar-refractivity contribution in [3.05, 3.63) is 46.0 Å². The molecule has 1 unspecified atom stereocenters. The van der Waals surface area contributed by atoms with Crippen molar-refractivity contribution in [2.75, 3.05) is 13.1 Å². The van der Waals surface area contributed by atoms with Gasteiger partial charge in [0.1, 0.15) is 5.76 Å². The zero-order valence-corrected chi connectivity index (χ0v) is 13.5. The van der Waals surface area contributed by atoms with Crippen molar-refractivity contribution in [2.45, 2.75) is 32.5 Å². The summed E-state index contributed by atoms with van der Waals surface area (Å²) in [6, 6.07) is 6.03. The lowest BCUT2D eigenvalue weighted by molar-refractivity contribution is 0.186. The van der Waals surface area contributed by atoms with Crippen LogP contribution >= 0.6 is 11.3 Å². The van der Waals surface area contributed by atoms with E-state index in [1.165, 1.54) is 10.4 Å². The molecule has 2 N–H and O–H groups in total. The number of carbonyl (C=O) groups excluding carboxylic acids is 1. The summed E-state index contributed by atoms with van der Waals surface area (Å²) in [6.45, 7) is 5.25. The van der Waals surface area contributed by atoms with Crippen molar-refractivity contribution < 1.29 is 9.21 Å². The van der Waals surface area contributed by atoms with Gasteiger partial charge in [-0.15, -0.1) is 11.3 Å². The van der Waals surface area contributed by atoms with Gasteiger partial charge in [-0.25, -0.2) is 4.79 Å². The molecule has 22 heavy (non-hydrogen) atoms. The van der Waals surface area contributed by atoms with E-state index in [4.69, 9.17) is 4.42 Å². The first-order valence-corrected chi connectivity index (χ1v) is 8.43. The molecule has 2 aromatic rings. The molecule has 0 aromatic carbocycles. The van der Waals surface area contributed by atoms with Crippen molar-refractivity contribution in [3.63, 3.8) is 0 Å². The van der Waals surface area contributed by atoms with Gasteiger partial charge in [-0.1, -0.05) is 0 Å². The Morgan fingerprint density at radius 1 is 1.45 bits per heavy atom. The van der Waals surface area contributed by atoms with Crippen LogP contribution in [0.3, 0.4) is 0 Å². The summed E-state index contributed by atoms with van der Waals surface area (Å²) < 4.78 is 5.18. The number of carbonyl (C=O) groups is 1. The molecule has 0 spiro atoms. The lowest BCUT2D eigenvalue weighted by Crippen LogP contribution is -2.46. The first kappa shape index (κ1) is 15.1. The smallest absolute Gasteiger partial charge is 0.315 e. The predicted octanol–water partition coefficient (Wildman–Crippen LogP) is 2.59. The van der Waals surface area contributed by atoms with E-state index >= 15 is 0 Å². The van der Waals surface area contributed by atoms with Gasteiger partial charge in [0.2, 0.25) is 0 Å². The molecule has 3 heterocycles. The summed E-state index contributed by atoms with van der Waals surface area (Å²) in [4.78, 5) is 15.7. The normalized spacial score (nSPS) is 16.0. The van der Waals surface area contributed by atoms with Gasteiger partial charge in [0.15, 0.2) is 0 Å². The Hall–Kier alpha value is -1.79. The molecule has 1 aliphatic heterocycles. The number of fused-ring (bicyclic) bond motifs is 1. The second-order valence-corrected chi connectivity index (χ2v) is 6.58. The third-order valence-corrected chi connectivity index (χ3v) is 5.04. The predicted molar refractivity (Wildman–Crippen MR) is 86.8 cm³/mol. The third kappa shape index (κ3) is 3.69. The topological polar surface area (TPSA) is 57.5 Å². The number of nitrogens with one attached hydrogen (secondary N) is 2. The van der Waals surface area contributed by atoms with Gasteiger partial charge < -0.3 is 15.1 Å². The van der Waals surface area contributed by atoms with Crippen LogP contribution < -0.4 is 10.6 Å². The molecule has 118 valence electrons. The van der Waals surface area contributed by atoms with E-state index in [-0.39, 0.29) is 6.03 Å². The molecule has 3 rings (SSSR count). The van der Waals surface area contributed by atoms with Gasteiger partial charge in [-0.2, -0.15) is 0 Å². The maximum absolute atomic E-state index is 11.8. The number of furan rings is 1. The monoisotopic (exact) mass is 319 g/mol. The minimum absolute atomic E-state index is 0.156. The molecule has 0 bridgehead atoms. The van der Waals surface area contributed by atoms with Crippen molar-refractivity contribution >= 4 is 17.4 Å². The maximum Gasteiger partial charge on any atom is 0.315 e. The molecule has 2 amide bonds. The van der Waals surface area contributed by atoms with Crippen LogP contribution in [0.1, 0.15) is 23.1 Å². The van der Waals surface area contributed by atoms with Gasteiger partial charge in [-0.3, -0.25) is 4.90 Å². The largest absolute Gasteiger partial charge is 0.467 e. The summed E-state index contributed by atoms with van der Waals surface area (Å²) in [6.07, 6.45) is 2.72. The van der Waals surface area contributed by atoms with Gasteiger partial charge >= 0.3 is 6.03 Å². The highest BCUT2D eigenvalue weighted by atomic mass is 32.1. The summed E-state index contributed by atoms with van der Waals surface area (Å²) in [7, 11) is 0. The van der Waals surface area contributed by atoms with Crippen LogP contribution in [-0.2, 0) is 19.5 Å². The lowest BCUT2D eigenvalue weighted by atomic mass is 10.1. The molecular formula is C16H21N3O2S. The lowest BCUT2D eigenvalue weighted by Gasteiger charge is -2.32. The first-order valence-electron chi connectivity index (χ1n) is 7.56. The van der Waals surface area contributed by atoms with Gasteiger partial charge in [0.25, 0.3) is 0 Å².